The van der Waals surface area contributed by atoms with Gasteiger partial charge in [0.05, 0.1) is 0 Å². The lowest BCUT2D eigenvalue weighted by molar-refractivity contribution is -0.121. The van der Waals surface area contributed by atoms with Gasteiger partial charge >= 0.3 is 0 Å². The number of nitrogens with zero attached hydrogens (tertiary/aromatic N) is 5. The summed E-state index contributed by atoms with van der Waals surface area (Å²) in [4.78, 5) is 31.2. The molecule has 0 saturated heterocycles. The van der Waals surface area contributed by atoms with Crippen molar-refractivity contribution in [3.63, 3.8) is 0 Å². The first-order valence-electron chi connectivity index (χ1n) is 11.0. The van der Waals surface area contributed by atoms with Crippen LogP contribution in [-0.4, -0.2) is 50.9 Å². The Morgan fingerprint density at radius 2 is 2.03 bits per heavy atom. The fraction of sp³-hybridized carbons (Fsp3) is 0.375. The Bertz CT molecular complexity index is 1020. The minimum atomic E-state index is 0.129. The molecule has 0 saturated carbocycles. The van der Waals surface area contributed by atoms with Crippen molar-refractivity contribution >= 4 is 17.5 Å². The standard InChI is InChI=1S/C24H31N7O/c1-4-10-26-22(32)9-6-11-31(3)16-19-7-5-8-21(13-19)29-24-28-17-27-23(30-24)20-12-18(2)14-25-15-20/h5,7-8,12-15,17H,4,6,9-11,16H2,1-3H3,(H,26,32)(H,27,28,29,30). The molecule has 0 radical (unpaired) electrons. The molecule has 2 N–H and O–H groups in total. The number of rotatable bonds is 11. The first-order valence-corrected chi connectivity index (χ1v) is 11.0. The van der Waals surface area contributed by atoms with E-state index >= 15 is 0 Å². The number of aromatic nitrogens is 4. The maximum absolute atomic E-state index is 11.7. The van der Waals surface area contributed by atoms with E-state index in [-0.39, 0.29) is 5.91 Å². The van der Waals surface area contributed by atoms with Gasteiger partial charge in [0.15, 0.2) is 5.82 Å². The van der Waals surface area contributed by atoms with Crippen molar-refractivity contribution in [1.82, 2.24) is 30.2 Å². The van der Waals surface area contributed by atoms with Gasteiger partial charge in [0.1, 0.15) is 6.33 Å². The molecule has 0 fully saturated rings. The minimum Gasteiger partial charge on any atom is -0.356 e. The van der Waals surface area contributed by atoms with E-state index in [4.69, 9.17) is 0 Å². The second-order valence-electron chi connectivity index (χ2n) is 7.90. The molecule has 0 unspecified atom stereocenters. The Labute approximate surface area is 189 Å². The molecule has 1 aromatic carbocycles. The Morgan fingerprint density at radius 1 is 1.16 bits per heavy atom. The number of hydrogen-bond acceptors (Lipinski definition) is 7. The minimum absolute atomic E-state index is 0.129. The molecule has 0 atom stereocenters. The molecule has 3 aromatic rings. The second-order valence-corrected chi connectivity index (χ2v) is 7.90. The lowest BCUT2D eigenvalue weighted by Crippen LogP contribution is -2.26. The van der Waals surface area contributed by atoms with Crippen LogP contribution in [0.2, 0.25) is 0 Å². The zero-order valence-corrected chi connectivity index (χ0v) is 19.0. The van der Waals surface area contributed by atoms with Crippen LogP contribution in [0, 0.1) is 6.92 Å². The predicted molar refractivity (Wildman–Crippen MR) is 126 cm³/mol. The molecule has 8 nitrogen and oxygen atoms in total. The molecule has 8 heteroatoms. The molecular formula is C24H31N7O. The first-order chi connectivity index (χ1) is 15.5. The van der Waals surface area contributed by atoms with E-state index in [1.165, 1.54) is 11.9 Å². The van der Waals surface area contributed by atoms with Crippen LogP contribution in [-0.2, 0) is 11.3 Å². The quantitative estimate of drug-likeness (QED) is 0.476. The smallest absolute Gasteiger partial charge is 0.230 e. The lowest BCUT2D eigenvalue weighted by atomic mass is 10.2. The SMILES string of the molecule is CCCNC(=O)CCCN(C)Cc1cccc(Nc2ncnc(-c3cncc(C)c3)n2)c1. The molecule has 1 amide bonds. The van der Waals surface area contributed by atoms with Crippen molar-refractivity contribution in [3.8, 4) is 11.4 Å². The maximum Gasteiger partial charge on any atom is 0.230 e. The molecule has 3 rings (SSSR count). The van der Waals surface area contributed by atoms with E-state index in [1.54, 1.807) is 12.4 Å². The van der Waals surface area contributed by atoms with Gasteiger partial charge in [-0.15, -0.1) is 0 Å². The number of carbonyl (C=O) groups is 1. The van der Waals surface area contributed by atoms with Crippen LogP contribution in [0.25, 0.3) is 11.4 Å². The highest BCUT2D eigenvalue weighted by Gasteiger charge is 2.07. The molecule has 0 aliphatic carbocycles. The monoisotopic (exact) mass is 433 g/mol. The van der Waals surface area contributed by atoms with Gasteiger partial charge in [-0.1, -0.05) is 19.1 Å². The van der Waals surface area contributed by atoms with E-state index in [0.717, 1.165) is 49.3 Å². The van der Waals surface area contributed by atoms with Crippen LogP contribution >= 0.6 is 0 Å². The van der Waals surface area contributed by atoms with Gasteiger partial charge in [-0.3, -0.25) is 9.78 Å². The number of benzene rings is 1. The van der Waals surface area contributed by atoms with Crippen molar-refractivity contribution in [2.45, 2.75) is 39.7 Å². The third-order valence-corrected chi connectivity index (χ3v) is 4.86. The second kappa shape index (κ2) is 11.9. The van der Waals surface area contributed by atoms with Crippen molar-refractivity contribution in [2.24, 2.45) is 0 Å². The zero-order valence-electron chi connectivity index (χ0n) is 19.0. The third kappa shape index (κ3) is 7.39. The van der Waals surface area contributed by atoms with Gasteiger partial charge in [0, 0.05) is 43.2 Å². The highest BCUT2D eigenvalue weighted by molar-refractivity contribution is 5.75. The van der Waals surface area contributed by atoms with Crippen LogP contribution in [0.15, 0.2) is 49.1 Å². The average Bonchev–Trinajstić information content (AvgIpc) is 2.78. The van der Waals surface area contributed by atoms with Crippen LogP contribution in [0.3, 0.4) is 0 Å². The van der Waals surface area contributed by atoms with E-state index in [1.807, 2.05) is 25.1 Å². The third-order valence-electron chi connectivity index (χ3n) is 4.86. The number of anilines is 2. The predicted octanol–water partition coefficient (Wildman–Crippen LogP) is 3.72. The Hall–Kier alpha value is -3.39. The van der Waals surface area contributed by atoms with Gasteiger partial charge in [0.25, 0.3) is 0 Å². The molecule has 168 valence electrons. The summed E-state index contributed by atoms with van der Waals surface area (Å²) in [5.74, 6) is 1.20. The summed E-state index contributed by atoms with van der Waals surface area (Å²) in [6.07, 6.45) is 7.41. The van der Waals surface area contributed by atoms with Crippen molar-refractivity contribution in [1.29, 1.82) is 0 Å². The molecule has 2 heterocycles. The summed E-state index contributed by atoms with van der Waals surface area (Å²) in [5.41, 5.74) is 3.99. The van der Waals surface area contributed by atoms with Crippen LogP contribution in [0.5, 0.6) is 0 Å². The van der Waals surface area contributed by atoms with Gasteiger partial charge < -0.3 is 15.5 Å². The normalized spacial score (nSPS) is 10.9. The molecule has 0 aliphatic heterocycles. The Balaban J connectivity index is 1.56. The maximum atomic E-state index is 11.7. The van der Waals surface area contributed by atoms with Gasteiger partial charge in [0.2, 0.25) is 11.9 Å². The number of pyridine rings is 1. The molecule has 0 bridgehead atoms. The number of carbonyl (C=O) groups excluding carboxylic acids is 1. The number of aryl methyl sites for hydroxylation is 1. The van der Waals surface area contributed by atoms with E-state index in [0.29, 0.717) is 18.2 Å². The van der Waals surface area contributed by atoms with Gasteiger partial charge in [-0.05, 0) is 62.7 Å². The largest absolute Gasteiger partial charge is 0.356 e. The first kappa shape index (κ1) is 23.3. The topological polar surface area (TPSA) is 95.9 Å². The molecule has 0 spiro atoms. The summed E-state index contributed by atoms with van der Waals surface area (Å²) in [5, 5.41) is 6.18. The van der Waals surface area contributed by atoms with Crippen molar-refractivity contribution in [2.75, 3.05) is 25.5 Å². The number of hydrogen-bond donors (Lipinski definition) is 2. The highest BCUT2D eigenvalue weighted by Crippen LogP contribution is 2.19. The van der Waals surface area contributed by atoms with Gasteiger partial charge in [-0.2, -0.15) is 4.98 Å². The number of nitrogens with one attached hydrogen (secondary N) is 2. The molecule has 0 aliphatic rings. The Kier molecular flexibility index (Phi) is 8.62. The summed E-state index contributed by atoms with van der Waals surface area (Å²) in [6.45, 7) is 6.44. The fourth-order valence-corrected chi connectivity index (χ4v) is 3.30. The van der Waals surface area contributed by atoms with Crippen molar-refractivity contribution in [3.05, 3.63) is 60.2 Å². The molecule has 2 aromatic heterocycles. The highest BCUT2D eigenvalue weighted by atomic mass is 16.1. The van der Waals surface area contributed by atoms with Crippen LogP contribution in [0.1, 0.15) is 37.3 Å². The van der Waals surface area contributed by atoms with Crippen LogP contribution < -0.4 is 10.6 Å². The van der Waals surface area contributed by atoms with E-state index in [2.05, 4.69) is 61.6 Å². The number of amides is 1. The summed E-state index contributed by atoms with van der Waals surface area (Å²) < 4.78 is 0. The lowest BCUT2D eigenvalue weighted by Gasteiger charge is -2.17. The van der Waals surface area contributed by atoms with Crippen molar-refractivity contribution < 1.29 is 4.79 Å². The Morgan fingerprint density at radius 3 is 2.84 bits per heavy atom. The molecular weight excluding hydrogens is 402 g/mol. The van der Waals surface area contributed by atoms with Crippen LogP contribution in [0.4, 0.5) is 11.6 Å². The fourth-order valence-electron chi connectivity index (χ4n) is 3.30. The average molecular weight is 434 g/mol. The van der Waals surface area contributed by atoms with E-state index < -0.39 is 0 Å². The summed E-state index contributed by atoms with van der Waals surface area (Å²) >= 11 is 0. The summed E-state index contributed by atoms with van der Waals surface area (Å²) in [6, 6.07) is 10.2. The van der Waals surface area contributed by atoms with Gasteiger partial charge in [-0.25, -0.2) is 9.97 Å². The molecule has 32 heavy (non-hydrogen) atoms. The van der Waals surface area contributed by atoms with E-state index in [9.17, 15) is 4.79 Å². The zero-order chi connectivity index (χ0) is 22.8. The summed E-state index contributed by atoms with van der Waals surface area (Å²) in [7, 11) is 2.07.